The molecule has 128 valence electrons. The van der Waals surface area contributed by atoms with Crippen molar-refractivity contribution in [1.82, 2.24) is 10.2 Å². The highest BCUT2D eigenvalue weighted by atomic mass is 16.1. The molecule has 0 radical (unpaired) electrons. The van der Waals surface area contributed by atoms with Crippen molar-refractivity contribution in [3.8, 4) is 0 Å². The van der Waals surface area contributed by atoms with Gasteiger partial charge in [0.15, 0.2) is 5.82 Å². The summed E-state index contributed by atoms with van der Waals surface area (Å²) in [5, 5.41) is 11.1. The van der Waals surface area contributed by atoms with Crippen molar-refractivity contribution < 1.29 is 4.79 Å². The number of fused-ring (bicyclic) bond motifs is 1. The lowest BCUT2D eigenvalue weighted by molar-refractivity contribution is -0.115. The van der Waals surface area contributed by atoms with Crippen molar-refractivity contribution in [3.63, 3.8) is 0 Å². The van der Waals surface area contributed by atoms with Gasteiger partial charge in [0, 0.05) is 30.9 Å². The van der Waals surface area contributed by atoms with E-state index in [9.17, 15) is 4.79 Å². The Bertz CT molecular complexity index is 927. The van der Waals surface area contributed by atoms with E-state index in [-0.39, 0.29) is 5.91 Å². The Labute approximate surface area is 152 Å². The van der Waals surface area contributed by atoms with Crippen LogP contribution < -0.4 is 5.32 Å². The van der Waals surface area contributed by atoms with Crippen LogP contribution in [0.1, 0.15) is 11.1 Å². The number of hydrogen-bond donors (Lipinski definition) is 1. The van der Waals surface area contributed by atoms with E-state index in [1.165, 1.54) is 11.6 Å². The van der Waals surface area contributed by atoms with E-state index in [0.717, 1.165) is 23.4 Å². The SMILES string of the molecule is O=C(C=Cc1ccccc1)NC1=C2CN(Cc3ccccc3)C=C2N=N1. The molecule has 0 saturated carbocycles. The third-order valence-electron chi connectivity index (χ3n) is 4.22. The van der Waals surface area contributed by atoms with Crippen LogP contribution in [0.5, 0.6) is 0 Å². The van der Waals surface area contributed by atoms with Gasteiger partial charge in [-0.1, -0.05) is 60.7 Å². The highest BCUT2D eigenvalue weighted by Gasteiger charge is 2.26. The summed E-state index contributed by atoms with van der Waals surface area (Å²) in [5.74, 6) is 0.326. The van der Waals surface area contributed by atoms with Gasteiger partial charge >= 0.3 is 0 Å². The number of nitrogens with one attached hydrogen (secondary N) is 1. The minimum Gasteiger partial charge on any atom is -0.367 e. The number of rotatable bonds is 5. The van der Waals surface area contributed by atoms with Crippen molar-refractivity contribution >= 4 is 12.0 Å². The predicted octanol–water partition coefficient (Wildman–Crippen LogP) is 3.85. The van der Waals surface area contributed by atoms with E-state index in [4.69, 9.17) is 0 Å². The van der Waals surface area contributed by atoms with Gasteiger partial charge in [0.2, 0.25) is 5.91 Å². The maximum absolute atomic E-state index is 12.2. The van der Waals surface area contributed by atoms with Crippen molar-refractivity contribution in [2.45, 2.75) is 6.54 Å². The molecule has 1 N–H and O–H groups in total. The maximum Gasteiger partial charge on any atom is 0.249 e. The van der Waals surface area contributed by atoms with Crippen LogP contribution in [0.25, 0.3) is 6.08 Å². The predicted molar refractivity (Wildman–Crippen MR) is 100 cm³/mol. The van der Waals surface area contributed by atoms with Crippen molar-refractivity contribution in [2.24, 2.45) is 10.2 Å². The van der Waals surface area contributed by atoms with Gasteiger partial charge in [0.1, 0.15) is 5.70 Å². The van der Waals surface area contributed by atoms with E-state index in [1.807, 2.05) is 54.7 Å². The molecule has 26 heavy (non-hydrogen) atoms. The van der Waals surface area contributed by atoms with E-state index < -0.39 is 0 Å². The Morgan fingerprint density at radius 3 is 2.54 bits per heavy atom. The monoisotopic (exact) mass is 342 g/mol. The first-order chi connectivity index (χ1) is 12.8. The van der Waals surface area contributed by atoms with Crippen LogP contribution in [0.2, 0.25) is 0 Å². The van der Waals surface area contributed by atoms with Gasteiger partial charge in [-0.2, -0.15) is 0 Å². The third kappa shape index (κ3) is 3.62. The molecule has 2 aliphatic rings. The lowest BCUT2D eigenvalue weighted by Crippen LogP contribution is -2.22. The molecule has 5 heteroatoms. The molecule has 0 unspecified atom stereocenters. The number of azo groups is 1. The molecule has 1 amide bonds. The number of nitrogens with zero attached hydrogens (tertiary/aromatic N) is 3. The lowest BCUT2D eigenvalue weighted by Gasteiger charge is -2.15. The maximum atomic E-state index is 12.2. The van der Waals surface area contributed by atoms with Crippen molar-refractivity contribution in [2.75, 3.05) is 6.54 Å². The van der Waals surface area contributed by atoms with Crippen LogP contribution in [0.3, 0.4) is 0 Å². The van der Waals surface area contributed by atoms with Crippen molar-refractivity contribution in [3.05, 3.63) is 101 Å². The molecule has 2 aliphatic heterocycles. The van der Waals surface area contributed by atoms with Crippen molar-refractivity contribution in [1.29, 1.82) is 0 Å². The molecular formula is C21H18N4O. The first-order valence-corrected chi connectivity index (χ1v) is 8.47. The average Bonchev–Trinajstić information content (AvgIpc) is 3.23. The molecule has 0 aromatic heterocycles. The number of benzene rings is 2. The van der Waals surface area contributed by atoms with Gasteiger partial charge < -0.3 is 10.2 Å². The largest absolute Gasteiger partial charge is 0.367 e. The summed E-state index contributed by atoms with van der Waals surface area (Å²) in [6.45, 7) is 1.49. The molecule has 2 aromatic rings. The average molecular weight is 342 g/mol. The highest BCUT2D eigenvalue weighted by Crippen LogP contribution is 2.31. The van der Waals surface area contributed by atoms with Gasteiger partial charge in [-0.3, -0.25) is 4.79 Å². The zero-order chi connectivity index (χ0) is 17.8. The minimum absolute atomic E-state index is 0.210. The van der Waals surface area contributed by atoms with Crippen LogP contribution >= 0.6 is 0 Å². The molecule has 0 spiro atoms. The Morgan fingerprint density at radius 1 is 1.04 bits per heavy atom. The molecule has 0 bridgehead atoms. The summed E-state index contributed by atoms with van der Waals surface area (Å²) in [6, 6.07) is 20.0. The molecule has 2 aromatic carbocycles. The fraction of sp³-hybridized carbons (Fsp3) is 0.0952. The van der Waals surface area contributed by atoms with Gasteiger partial charge in [0.25, 0.3) is 0 Å². The molecular weight excluding hydrogens is 324 g/mol. The first kappa shape index (κ1) is 16.0. The third-order valence-corrected chi connectivity index (χ3v) is 4.22. The Hall–Kier alpha value is -3.47. The zero-order valence-electron chi connectivity index (χ0n) is 14.2. The first-order valence-electron chi connectivity index (χ1n) is 8.47. The summed E-state index contributed by atoms with van der Waals surface area (Å²) in [7, 11) is 0. The second kappa shape index (κ2) is 7.19. The number of carbonyl (C=O) groups is 1. The smallest absolute Gasteiger partial charge is 0.249 e. The van der Waals surface area contributed by atoms with Gasteiger partial charge in [-0.05, 0) is 17.2 Å². The summed E-state index contributed by atoms with van der Waals surface area (Å²) >= 11 is 0. The topological polar surface area (TPSA) is 57.1 Å². The summed E-state index contributed by atoms with van der Waals surface area (Å²) < 4.78 is 0. The Balaban J connectivity index is 1.41. The highest BCUT2D eigenvalue weighted by molar-refractivity contribution is 5.93. The Kier molecular flexibility index (Phi) is 4.43. The van der Waals surface area contributed by atoms with E-state index in [2.05, 4.69) is 32.6 Å². The molecule has 0 atom stereocenters. The van der Waals surface area contributed by atoms with Crippen LogP contribution in [0.4, 0.5) is 0 Å². The Morgan fingerprint density at radius 2 is 1.77 bits per heavy atom. The van der Waals surface area contributed by atoms with Crippen LogP contribution in [0.15, 0.2) is 100 Å². The summed E-state index contributed by atoms with van der Waals surface area (Å²) in [4.78, 5) is 14.3. The molecule has 0 fully saturated rings. The van der Waals surface area contributed by atoms with Gasteiger partial charge in [-0.25, -0.2) is 0 Å². The minimum atomic E-state index is -0.210. The summed E-state index contributed by atoms with van der Waals surface area (Å²) in [6.07, 6.45) is 5.28. The summed E-state index contributed by atoms with van der Waals surface area (Å²) in [5.41, 5.74) is 3.99. The fourth-order valence-corrected chi connectivity index (χ4v) is 2.94. The zero-order valence-corrected chi connectivity index (χ0v) is 14.2. The van der Waals surface area contributed by atoms with Gasteiger partial charge in [-0.15, -0.1) is 10.2 Å². The van der Waals surface area contributed by atoms with E-state index >= 15 is 0 Å². The molecule has 4 rings (SSSR count). The van der Waals surface area contributed by atoms with Crippen LogP contribution in [-0.2, 0) is 11.3 Å². The molecule has 0 saturated heterocycles. The van der Waals surface area contributed by atoms with E-state index in [0.29, 0.717) is 12.4 Å². The molecule has 2 heterocycles. The van der Waals surface area contributed by atoms with Gasteiger partial charge in [0.05, 0.1) is 0 Å². The lowest BCUT2D eigenvalue weighted by atomic mass is 10.2. The van der Waals surface area contributed by atoms with Crippen LogP contribution in [0, 0.1) is 0 Å². The molecule has 5 nitrogen and oxygen atoms in total. The van der Waals surface area contributed by atoms with E-state index in [1.54, 1.807) is 6.08 Å². The second-order valence-electron chi connectivity index (χ2n) is 6.17. The number of amides is 1. The number of hydrogen-bond acceptors (Lipinski definition) is 4. The fourth-order valence-electron chi connectivity index (χ4n) is 2.94. The second-order valence-corrected chi connectivity index (χ2v) is 6.17. The molecule has 0 aliphatic carbocycles. The standard InChI is InChI=1S/C21H18N4O/c26-20(12-11-16-7-3-1-4-8-16)22-21-18-14-25(15-19(18)23-24-21)13-17-9-5-2-6-10-17/h1-12,15H,13-14H2,(H,22,26). The number of carbonyl (C=O) groups excluding carboxylic acids is 1. The van der Waals surface area contributed by atoms with Crippen LogP contribution in [-0.4, -0.2) is 17.4 Å². The normalized spacial score (nSPS) is 15.5. The quantitative estimate of drug-likeness (QED) is 0.839.